The molecule has 1 aromatic carbocycles. The second kappa shape index (κ2) is 7.19. The standard InChI is InChI=1S/C15H16F2N2O4/c1-9-6-10(23-8-13(16)17)2-3-11(9)18-12-7-14(21)19(4-5-20)15(12)22/h2-3,6-7,13,18,20H,4-5,8H2,1H3. The summed E-state index contributed by atoms with van der Waals surface area (Å²) >= 11 is 0. The number of aliphatic hydroxyl groups excluding tert-OH is 1. The molecule has 0 unspecified atom stereocenters. The number of benzene rings is 1. The molecule has 0 saturated carbocycles. The summed E-state index contributed by atoms with van der Waals surface area (Å²) in [5, 5.41) is 11.7. The number of β-amino-alcohol motifs (C(OH)–C–C–N with tert-alkyl or cyclic N) is 1. The lowest BCUT2D eigenvalue weighted by Crippen LogP contribution is -2.34. The second-order valence-electron chi connectivity index (χ2n) is 4.88. The second-order valence-corrected chi connectivity index (χ2v) is 4.88. The van der Waals surface area contributed by atoms with Crippen LogP contribution in [-0.2, 0) is 9.59 Å². The number of nitrogens with one attached hydrogen (secondary N) is 1. The van der Waals surface area contributed by atoms with Crippen molar-refractivity contribution in [1.29, 1.82) is 0 Å². The number of aliphatic hydroxyl groups is 1. The number of hydrogen-bond acceptors (Lipinski definition) is 5. The van der Waals surface area contributed by atoms with E-state index in [1.807, 2.05) is 0 Å². The van der Waals surface area contributed by atoms with Gasteiger partial charge in [-0.2, -0.15) is 0 Å². The molecule has 0 bridgehead atoms. The molecule has 0 spiro atoms. The zero-order valence-corrected chi connectivity index (χ0v) is 12.4. The highest BCUT2D eigenvalue weighted by molar-refractivity contribution is 6.17. The van der Waals surface area contributed by atoms with Gasteiger partial charge in [-0.25, -0.2) is 8.78 Å². The number of halogens is 2. The molecule has 1 heterocycles. The summed E-state index contributed by atoms with van der Waals surface area (Å²) in [4.78, 5) is 24.6. The van der Waals surface area contributed by atoms with Crippen LogP contribution in [0.2, 0.25) is 0 Å². The van der Waals surface area contributed by atoms with E-state index in [-0.39, 0.29) is 24.6 Å². The highest BCUT2D eigenvalue weighted by atomic mass is 19.3. The maximum absolute atomic E-state index is 12.1. The molecule has 0 radical (unpaired) electrons. The van der Waals surface area contributed by atoms with Crippen molar-refractivity contribution in [3.8, 4) is 5.75 Å². The van der Waals surface area contributed by atoms with Crippen LogP contribution in [0, 0.1) is 6.92 Å². The monoisotopic (exact) mass is 326 g/mol. The number of alkyl halides is 2. The van der Waals surface area contributed by atoms with Gasteiger partial charge in [0.25, 0.3) is 18.2 Å². The average Bonchev–Trinajstić information content (AvgIpc) is 2.75. The Morgan fingerprint density at radius 3 is 2.70 bits per heavy atom. The minimum absolute atomic E-state index is 0.0707. The van der Waals surface area contributed by atoms with E-state index in [1.54, 1.807) is 19.1 Å². The van der Waals surface area contributed by atoms with Crippen LogP contribution in [0.15, 0.2) is 30.0 Å². The Bertz CT molecular complexity index is 646. The van der Waals surface area contributed by atoms with Crippen LogP contribution in [0.25, 0.3) is 0 Å². The predicted octanol–water partition coefficient (Wildman–Crippen LogP) is 1.30. The van der Waals surface area contributed by atoms with Crippen LogP contribution in [0.1, 0.15) is 5.56 Å². The predicted molar refractivity (Wildman–Crippen MR) is 78.2 cm³/mol. The number of carbonyl (C=O) groups excluding carboxylic acids is 2. The van der Waals surface area contributed by atoms with Crippen molar-refractivity contribution >= 4 is 17.5 Å². The van der Waals surface area contributed by atoms with Crippen molar-refractivity contribution < 1.29 is 28.2 Å². The molecular formula is C15H16F2N2O4. The molecule has 1 aromatic rings. The minimum atomic E-state index is -2.56. The first-order valence-corrected chi connectivity index (χ1v) is 6.89. The summed E-state index contributed by atoms with van der Waals surface area (Å²) in [5.74, 6) is -0.736. The molecule has 1 aliphatic heterocycles. The zero-order chi connectivity index (χ0) is 17.0. The van der Waals surface area contributed by atoms with Gasteiger partial charge in [0, 0.05) is 11.8 Å². The van der Waals surface area contributed by atoms with Crippen molar-refractivity contribution in [3.63, 3.8) is 0 Å². The quantitative estimate of drug-likeness (QED) is 0.738. The highest BCUT2D eigenvalue weighted by Gasteiger charge is 2.30. The topological polar surface area (TPSA) is 78.9 Å². The summed E-state index contributed by atoms with van der Waals surface area (Å²) in [7, 11) is 0. The number of imide groups is 1. The van der Waals surface area contributed by atoms with E-state index in [9.17, 15) is 18.4 Å². The summed E-state index contributed by atoms with van der Waals surface area (Å²) in [6.07, 6.45) is -1.41. The Kier molecular flexibility index (Phi) is 5.28. The van der Waals surface area contributed by atoms with E-state index >= 15 is 0 Å². The van der Waals surface area contributed by atoms with E-state index in [2.05, 4.69) is 5.32 Å². The molecule has 0 fully saturated rings. The van der Waals surface area contributed by atoms with E-state index in [1.165, 1.54) is 6.07 Å². The van der Waals surface area contributed by atoms with Crippen LogP contribution < -0.4 is 10.1 Å². The first-order valence-electron chi connectivity index (χ1n) is 6.89. The fourth-order valence-electron chi connectivity index (χ4n) is 2.08. The summed E-state index contributed by atoms with van der Waals surface area (Å²) in [6, 6.07) is 4.62. The number of aryl methyl sites for hydroxylation is 1. The fourth-order valence-corrected chi connectivity index (χ4v) is 2.08. The van der Waals surface area contributed by atoms with E-state index in [0.29, 0.717) is 11.3 Å². The number of rotatable bonds is 7. The van der Waals surface area contributed by atoms with Crippen LogP contribution in [0.5, 0.6) is 5.75 Å². The summed E-state index contributed by atoms with van der Waals surface area (Å²) < 4.78 is 29.1. The minimum Gasteiger partial charge on any atom is -0.488 e. The lowest BCUT2D eigenvalue weighted by molar-refractivity contribution is -0.137. The zero-order valence-electron chi connectivity index (χ0n) is 12.4. The SMILES string of the molecule is Cc1cc(OCC(F)F)ccc1NC1=CC(=O)N(CCO)C1=O. The van der Waals surface area contributed by atoms with Gasteiger partial charge in [0.15, 0.2) is 0 Å². The van der Waals surface area contributed by atoms with Crippen molar-refractivity contribution in [2.75, 3.05) is 25.1 Å². The number of hydrogen-bond donors (Lipinski definition) is 2. The van der Waals surface area contributed by atoms with Gasteiger partial charge < -0.3 is 15.2 Å². The smallest absolute Gasteiger partial charge is 0.277 e. The Labute approximate surface area is 131 Å². The first kappa shape index (κ1) is 16.9. The molecule has 23 heavy (non-hydrogen) atoms. The number of nitrogens with zero attached hydrogens (tertiary/aromatic N) is 1. The third kappa shape index (κ3) is 4.04. The third-order valence-electron chi connectivity index (χ3n) is 3.18. The number of anilines is 1. The normalized spacial score (nSPS) is 14.5. The Hall–Kier alpha value is -2.48. The van der Waals surface area contributed by atoms with E-state index < -0.39 is 24.8 Å². The molecule has 0 aromatic heterocycles. The largest absolute Gasteiger partial charge is 0.488 e. The Morgan fingerprint density at radius 1 is 1.35 bits per heavy atom. The van der Waals surface area contributed by atoms with Gasteiger partial charge >= 0.3 is 0 Å². The van der Waals surface area contributed by atoms with Crippen molar-refractivity contribution in [2.24, 2.45) is 0 Å². The van der Waals surface area contributed by atoms with Gasteiger partial charge in [-0.3, -0.25) is 14.5 Å². The van der Waals surface area contributed by atoms with Gasteiger partial charge in [0.05, 0.1) is 13.2 Å². The maximum Gasteiger partial charge on any atom is 0.277 e. The van der Waals surface area contributed by atoms with Crippen molar-refractivity contribution in [1.82, 2.24) is 4.90 Å². The Balaban J connectivity index is 2.07. The van der Waals surface area contributed by atoms with Crippen molar-refractivity contribution in [3.05, 3.63) is 35.5 Å². The third-order valence-corrected chi connectivity index (χ3v) is 3.18. The Morgan fingerprint density at radius 2 is 2.09 bits per heavy atom. The van der Waals surface area contributed by atoms with Crippen LogP contribution in [-0.4, -0.2) is 48.0 Å². The molecule has 2 amide bonds. The summed E-state index contributed by atoms with van der Waals surface area (Å²) in [6.45, 7) is 0.637. The molecule has 124 valence electrons. The van der Waals surface area contributed by atoms with Gasteiger partial charge in [-0.05, 0) is 30.7 Å². The fraction of sp³-hybridized carbons (Fsp3) is 0.333. The van der Waals surface area contributed by atoms with Gasteiger partial charge in [-0.1, -0.05) is 0 Å². The number of amides is 2. The number of carbonyl (C=O) groups is 2. The molecule has 6 nitrogen and oxygen atoms in total. The van der Waals surface area contributed by atoms with Gasteiger partial charge in [0.2, 0.25) is 0 Å². The molecule has 2 rings (SSSR count). The molecule has 0 aliphatic carbocycles. The van der Waals surface area contributed by atoms with Crippen molar-refractivity contribution in [2.45, 2.75) is 13.3 Å². The lowest BCUT2D eigenvalue weighted by atomic mass is 10.2. The average molecular weight is 326 g/mol. The molecule has 1 aliphatic rings. The lowest BCUT2D eigenvalue weighted by Gasteiger charge is -2.15. The van der Waals surface area contributed by atoms with E-state index in [4.69, 9.17) is 9.84 Å². The number of ether oxygens (including phenoxy) is 1. The molecule has 8 heteroatoms. The summed E-state index contributed by atoms with van der Waals surface area (Å²) in [5.41, 5.74) is 1.30. The van der Waals surface area contributed by atoms with Crippen LogP contribution in [0.3, 0.4) is 0 Å². The molecule has 0 atom stereocenters. The first-order chi connectivity index (χ1) is 10.9. The van der Waals surface area contributed by atoms with Gasteiger partial charge in [0.1, 0.15) is 18.1 Å². The molecular weight excluding hydrogens is 310 g/mol. The van der Waals surface area contributed by atoms with Gasteiger partial charge in [-0.15, -0.1) is 0 Å². The molecule has 0 saturated heterocycles. The highest BCUT2D eigenvalue weighted by Crippen LogP contribution is 2.24. The van der Waals surface area contributed by atoms with E-state index in [0.717, 1.165) is 11.0 Å². The van der Waals surface area contributed by atoms with Crippen LogP contribution >= 0.6 is 0 Å². The maximum atomic E-state index is 12.1. The molecule has 2 N–H and O–H groups in total. The van der Waals surface area contributed by atoms with Crippen LogP contribution in [0.4, 0.5) is 14.5 Å².